The van der Waals surface area contributed by atoms with Crippen molar-refractivity contribution in [3.05, 3.63) is 71.4 Å². The zero-order chi connectivity index (χ0) is 21.2. The van der Waals surface area contributed by atoms with Crippen LogP contribution in [0.2, 0.25) is 0 Å². The van der Waals surface area contributed by atoms with E-state index in [4.69, 9.17) is 0 Å². The van der Waals surface area contributed by atoms with Crippen molar-refractivity contribution in [2.24, 2.45) is 0 Å². The van der Waals surface area contributed by atoms with Crippen LogP contribution in [0.4, 0.5) is 5.69 Å². The van der Waals surface area contributed by atoms with Crippen LogP contribution in [-0.2, 0) is 19.8 Å². The Hall–Kier alpha value is -3.41. The summed E-state index contributed by atoms with van der Waals surface area (Å²) in [4.78, 5) is 37.7. The number of fused-ring (bicyclic) bond motifs is 1. The molecule has 0 radical (unpaired) electrons. The molecule has 29 heavy (non-hydrogen) atoms. The van der Waals surface area contributed by atoms with Crippen LogP contribution in [0, 0.1) is 0 Å². The largest absolute Gasteiger partial charge is 0.481 e. The monoisotopic (exact) mass is 392 g/mol. The lowest BCUT2D eigenvalue weighted by Gasteiger charge is -2.32. The number of nitrogens with one attached hydrogen (secondary N) is 1. The highest BCUT2D eigenvalue weighted by atomic mass is 16.4. The maximum atomic E-state index is 12.7. The van der Waals surface area contributed by atoms with Crippen LogP contribution in [0.5, 0.6) is 0 Å². The topological polar surface area (TPSA) is 86.7 Å². The average Bonchev–Trinajstić information content (AvgIpc) is 2.68. The molecule has 0 spiro atoms. The van der Waals surface area contributed by atoms with Crippen molar-refractivity contribution in [2.45, 2.75) is 38.6 Å². The summed E-state index contributed by atoms with van der Waals surface area (Å²) in [5.74, 6) is -1.27. The van der Waals surface area contributed by atoms with Crippen molar-refractivity contribution < 1.29 is 19.5 Å². The molecule has 6 nitrogen and oxygen atoms in total. The third-order valence-corrected chi connectivity index (χ3v) is 5.27. The van der Waals surface area contributed by atoms with E-state index in [-0.39, 0.29) is 24.3 Å². The van der Waals surface area contributed by atoms with Gasteiger partial charge in [0.25, 0.3) is 0 Å². The molecule has 2 aromatic carbocycles. The smallest absolute Gasteiger partial charge is 0.313 e. The number of benzene rings is 2. The molecule has 1 atom stereocenters. The fraction of sp³-hybridized carbons (Fsp3) is 0.261. The Morgan fingerprint density at radius 3 is 2.34 bits per heavy atom. The highest BCUT2D eigenvalue weighted by Gasteiger charge is 2.30. The Bertz CT molecular complexity index is 977. The van der Waals surface area contributed by atoms with E-state index in [2.05, 4.69) is 5.32 Å². The molecule has 2 aromatic rings. The van der Waals surface area contributed by atoms with Crippen LogP contribution in [0.25, 0.3) is 6.08 Å². The quantitative estimate of drug-likeness (QED) is 0.807. The molecule has 150 valence electrons. The summed E-state index contributed by atoms with van der Waals surface area (Å²) in [6.45, 7) is 4.74. The zero-order valence-electron chi connectivity index (χ0n) is 16.7. The van der Waals surface area contributed by atoms with Crippen molar-refractivity contribution in [1.29, 1.82) is 0 Å². The maximum absolute atomic E-state index is 12.7. The molecule has 2 N–H and O–H groups in total. The Morgan fingerprint density at radius 1 is 1.07 bits per heavy atom. The molecule has 6 heteroatoms. The fourth-order valence-electron chi connectivity index (χ4n) is 3.39. The second kappa shape index (κ2) is 7.91. The van der Waals surface area contributed by atoms with Gasteiger partial charge in [0.15, 0.2) is 0 Å². The predicted octanol–water partition coefficient (Wildman–Crippen LogP) is 3.95. The van der Waals surface area contributed by atoms with E-state index in [0.717, 1.165) is 11.1 Å². The van der Waals surface area contributed by atoms with Crippen molar-refractivity contribution in [1.82, 2.24) is 4.90 Å². The lowest BCUT2D eigenvalue weighted by atomic mass is 9.85. The van der Waals surface area contributed by atoms with Gasteiger partial charge in [-0.3, -0.25) is 14.4 Å². The molecular weight excluding hydrogens is 368 g/mol. The van der Waals surface area contributed by atoms with Gasteiger partial charge >= 0.3 is 5.97 Å². The molecule has 1 aliphatic rings. The first-order chi connectivity index (χ1) is 13.7. The molecule has 0 saturated heterocycles. The van der Waals surface area contributed by atoms with Crippen LogP contribution in [0.15, 0.2) is 54.7 Å². The second-order valence-corrected chi connectivity index (χ2v) is 7.65. The minimum atomic E-state index is -1.01. The Morgan fingerprint density at radius 2 is 1.72 bits per heavy atom. The van der Waals surface area contributed by atoms with E-state index in [1.807, 2.05) is 30.3 Å². The molecule has 0 bridgehead atoms. The number of amides is 2. The SMILES string of the molecule is CC(=O)N1C=Cc2ccccc2C1CC(=O)Nc1ccc(C(C)(C)C(=O)O)cc1. The van der Waals surface area contributed by atoms with Crippen molar-refractivity contribution in [2.75, 3.05) is 5.32 Å². The molecule has 0 saturated carbocycles. The second-order valence-electron chi connectivity index (χ2n) is 7.65. The summed E-state index contributed by atoms with van der Waals surface area (Å²) >= 11 is 0. The van der Waals surface area contributed by atoms with Gasteiger partial charge in [0, 0.05) is 18.8 Å². The summed E-state index contributed by atoms with van der Waals surface area (Å²) in [5, 5.41) is 12.2. The molecular formula is C23H24N2O4. The molecule has 0 fully saturated rings. The van der Waals surface area contributed by atoms with E-state index in [1.165, 1.54) is 6.92 Å². The predicted molar refractivity (Wildman–Crippen MR) is 111 cm³/mol. The number of aliphatic carboxylic acids is 1. The lowest BCUT2D eigenvalue weighted by Crippen LogP contribution is -2.33. The van der Waals surface area contributed by atoms with E-state index in [1.54, 1.807) is 49.2 Å². The molecule has 1 heterocycles. The molecule has 1 aliphatic heterocycles. The first-order valence-electron chi connectivity index (χ1n) is 9.40. The normalized spacial score (nSPS) is 15.6. The van der Waals surface area contributed by atoms with Gasteiger partial charge in [-0.25, -0.2) is 0 Å². The molecule has 1 unspecified atom stereocenters. The van der Waals surface area contributed by atoms with Crippen LogP contribution < -0.4 is 5.32 Å². The number of carboxylic acids is 1. The third-order valence-electron chi connectivity index (χ3n) is 5.27. The zero-order valence-corrected chi connectivity index (χ0v) is 16.7. The number of hydrogen-bond donors (Lipinski definition) is 2. The molecule has 3 rings (SSSR count). The van der Waals surface area contributed by atoms with Crippen LogP contribution in [0.3, 0.4) is 0 Å². The van der Waals surface area contributed by atoms with E-state index >= 15 is 0 Å². The van der Waals surface area contributed by atoms with Crippen LogP contribution >= 0.6 is 0 Å². The van der Waals surface area contributed by atoms with Crippen LogP contribution in [-0.4, -0.2) is 27.8 Å². The van der Waals surface area contributed by atoms with Crippen molar-refractivity contribution in [3.63, 3.8) is 0 Å². The fourth-order valence-corrected chi connectivity index (χ4v) is 3.39. The Labute approximate surface area is 169 Å². The van der Waals surface area contributed by atoms with Gasteiger partial charge in [-0.15, -0.1) is 0 Å². The minimum Gasteiger partial charge on any atom is -0.481 e. The Balaban J connectivity index is 1.75. The van der Waals surface area contributed by atoms with Gasteiger partial charge in [-0.2, -0.15) is 0 Å². The number of anilines is 1. The van der Waals surface area contributed by atoms with Gasteiger partial charge in [-0.1, -0.05) is 36.4 Å². The average molecular weight is 392 g/mol. The highest BCUT2D eigenvalue weighted by Crippen LogP contribution is 2.33. The maximum Gasteiger partial charge on any atom is 0.313 e. The summed E-state index contributed by atoms with van der Waals surface area (Å²) < 4.78 is 0. The van der Waals surface area contributed by atoms with Gasteiger partial charge < -0.3 is 15.3 Å². The van der Waals surface area contributed by atoms with Gasteiger partial charge in [0.05, 0.1) is 17.9 Å². The van der Waals surface area contributed by atoms with E-state index in [9.17, 15) is 19.5 Å². The molecule has 0 aromatic heterocycles. The number of carbonyl (C=O) groups is 3. The van der Waals surface area contributed by atoms with E-state index < -0.39 is 11.4 Å². The molecule has 2 amide bonds. The van der Waals surface area contributed by atoms with Gasteiger partial charge in [0.2, 0.25) is 11.8 Å². The number of carbonyl (C=O) groups excluding carboxylic acids is 2. The summed E-state index contributed by atoms with van der Waals surface area (Å²) in [7, 11) is 0. The van der Waals surface area contributed by atoms with Crippen LogP contribution in [0.1, 0.15) is 49.9 Å². The summed E-state index contributed by atoms with van der Waals surface area (Å²) in [6.07, 6.45) is 3.70. The Kier molecular flexibility index (Phi) is 5.55. The third kappa shape index (κ3) is 4.21. The van der Waals surface area contributed by atoms with Crippen molar-refractivity contribution in [3.8, 4) is 0 Å². The summed E-state index contributed by atoms with van der Waals surface area (Å²) in [6, 6.07) is 14.1. The minimum absolute atomic E-state index is 0.114. The van der Waals surface area contributed by atoms with Gasteiger partial charge in [0.1, 0.15) is 0 Å². The molecule has 0 aliphatic carbocycles. The van der Waals surface area contributed by atoms with Gasteiger partial charge in [-0.05, 0) is 48.7 Å². The first kappa shape index (κ1) is 20.3. The number of nitrogens with zero attached hydrogens (tertiary/aromatic N) is 1. The first-order valence-corrected chi connectivity index (χ1v) is 9.40. The number of carboxylic acid groups (broad SMARTS) is 1. The number of hydrogen-bond acceptors (Lipinski definition) is 3. The lowest BCUT2D eigenvalue weighted by molar-refractivity contribution is -0.142. The van der Waals surface area contributed by atoms with E-state index in [0.29, 0.717) is 11.3 Å². The standard InChI is InChI=1S/C23H24N2O4/c1-15(26)25-13-12-16-6-4-5-7-19(16)20(25)14-21(27)24-18-10-8-17(9-11-18)23(2,3)22(28)29/h4-13,20H,14H2,1-3H3,(H,24,27)(H,28,29). The number of rotatable bonds is 5. The van der Waals surface area contributed by atoms with Crippen molar-refractivity contribution >= 4 is 29.5 Å². The summed E-state index contributed by atoms with van der Waals surface area (Å²) in [5.41, 5.74) is 2.14. The highest BCUT2D eigenvalue weighted by molar-refractivity contribution is 5.92.